The maximum absolute atomic E-state index is 13.7. The van der Waals surface area contributed by atoms with Gasteiger partial charge < -0.3 is 40.2 Å². The van der Waals surface area contributed by atoms with Gasteiger partial charge in [0.1, 0.15) is 23.7 Å². The lowest BCUT2D eigenvalue weighted by Gasteiger charge is -2.30. The number of likely N-dealkylation sites (tertiary alicyclic amines) is 2. The zero-order chi connectivity index (χ0) is 46.6. The van der Waals surface area contributed by atoms with Gasteiger partial charge in [-0.15, -0.1) is 0 Å². The highest BCUT2D eigenvalue weighted by atomic mass is 16.5. The first-order chi connectivity index (χ1) is 31.0. The third-order valence-corrected chi connectivity index (χ3v) is 12.6. The number of nitrogens with zero attached hydrogens (tertiary/aromatic N) is 4. The molecule has 3 aromatic carbocycles. The van der Waals surface area contributed by atoms with Crippen molar-refractivity contribution in [3.63, 3.8) is 0 Å². The Hall–Kier alpha value is -6.70. The SMILES string of the molecule is COC(=O)N[C@H](C(=O)N1CCC[C@H]1c1ncc(-c2ccc(C(=Cc3ccc(-c4cnc([C@@H]5CCCN5C(=O)[C@@H](NC(=O)O)C(C)C)[nH]4)cc3)c3ccc(C(C)(C)C)cc3)cc2)[nH]1)C(C)C. The minimum Gasteiger partial charge on any atom is -0.465 e. The van der Waals surface area contributed by atoms with Crippen LogP contribution in [0.3, 0.4) is 0 Å². The average molecular weight is 883 g/mol. The second-order valence-corrected chi connectivity index (χ2v) is 18.9. The molecule has 2 fully saturated rings. The summed E-state index contributed by atoms with van der Waals surface area (Å²) in [6, 6.07) is 23.4. The number of aromatic nitrogens is 4. The standard InChI is InChI=1S/C51H62N8O6/c1-30(2)43(56-49(62)63)47(60)58-25-9-11-41(58)45-52-28-39(54-45)35-15-13-32(14-16-35)27-38(34-21-23-37(24-22-34)51(5,6)7)33-17-19-36(20-18-33)40-29-53-46(55-40)42-12-10-26-59(42)48(61)44(31(3)4)57-50(64)65-8/h13-24,27-31,41-44,56H,9-12,25-26H2,1-8H3,(H,52,54)(H,53,55)(H,57,64)(H,62,63)/t41-,42-,43-,44-/m0/s1. The fourth-order valence-electron chi connectivity index (χ4n) is 8.88. The molecular weight excluding hydrogens is 821 g/mol. The lowest BCUT2D eigenvalue weighted by Crippen LogP contribution is -2.51. The summed E-state index contributed by atoms with van der Waals surface area (Å²) in [6.45, 7) is 15.2. The van der Waals surface area contributed by atoms with Gasteiger partial charge in [-0.25, -0.2) is 19.6 Å². The molecule has 7 rings (SSSR count). The molecule has 4 amide bonds. The molecule has 65 heavy (non-hydrogen) atoms. The van der Waals surface area contributed by atoms with Gasteiger partial charge in [0.05, 0.1) is 43.0 Å². The molecule has 14 nitrogen and oxygen atoms in total. The number of nitrogens with one attached hydrogen (secondary N) is 4. The van der Waals surface area contributed by atoms with E-state index in [1.54, 1.807) is 11.1 Å². The van der Waals surface area contributed by atoms with Crippen LogP contribution in [0.5, 0.6) is 0 Å². The predicted octanol–water partition coefficient (Wildman–Crippen LogP) is 9.35. The number of amides is 4. The van der Waals surface area contributed by atoms with Crippen LogP contribution in [0.1, 0.15) is 120 Å². The number of hydrogen-bond donors (Lipinski definition) is 5. The van der Waals surface area contributed by atoms with E-state index in [9.17, 15) is 24.3 Å². The van der Waals surface area contributed by atoms with E-state index in [0.717, 1.165) is 70.5 Å². The summed E-state index contributed by atoms with van der Waals surface area (Å²) in [5.41, 5.74) is 9.04. The Balaban J connectivity index is 1.12. The molecule has 0 radical (unpaired) electrons. The molecule has 0 bridgehead atoms. The van der Waals surface area contributed by atoms with E-state index < -0.39 is 24.3 Å². The number of carbonyl (C=O) groups excluding carboxylic acids is 3. The van der Waals surface area contributed by atoms with Crippen molar-refractivity contribution in [3.8, 4) is 22.5 Å². The van der Waals surface area contributed by atoms with Crippen LogP contribution in [0.15, 0.2) is 85.2 Å². The summed E-state index contributed by atoms with van der Waals surface area (Å²) in [4.78, 5) is 70.7. The first-order valence-corrected chi connectivity index (χ1v) is 22.6. The van der Waals surface area contributed by atoms with E-state index >= 15 is 0 Å². The molecule has 4 heterocycles. The fourth-order valence-corrected chi connectivity index (χ4v) is 8.88. The molecular formula is C51H62N8O6. The number of carbonyl (C=O) groups is 4. The van der Waals surface area contributed by atoms with E-state index in [2.05, 4.69) is 120 Å². The number of alkyl carbamates (subject to hydrolysis) is 1. The van der Waals surface area contributed by atoms with Crippen LogP contribution < -0.4 is 10.6 Å². The Kier molecular flexibility index (Phi) is 13.9. The van der Waals surface area contributed by atoms with E-state index in [0.29, 0.717) is 24.7 Å². The first kappa shape index (κ1) is 46.3. The average Bonchev–Trinajstić information content (AvgIpc) is 4.13. The maximum atomic E-state index is 13.7. The number of rotatable bonds is 13. The van der Waals surface area contributed by atoms with Gasteiger partial charge in [-0.2, -0.15) is 0 Å². The molecule has 2 aromatic heterocycles. The van der Waals surface area contributed by atoms with Crippen molar-refractivity contribution in [2.45, 2.75) is 104 Å². The Morgan fingerprint density at radius 3 is 1.58 bits per heavy atom. The zero-order valence-electron chi connectivity index (χ0n) is 38.6. The third-order valence-electron chi connectivity index (χ3n) is 12.6. The molecule has 0 unspecified atom stereocenters. The highest BCUT2D eigenvalue weighted by Gasteiger charge is 2.39. The van der Waals surface area contributed by atoms with Gasteiger partial charge in [0.25, 0.3) is 0 Å². The number of methoxy groups -OCH3 is 1. The number of aromatic amines is 2. The van der Waals surface area contributed by atoms with Gasteiger partial charge in [-0.1, -0.05) is 121 Å². The fraction of sp³-hybridized carbons (Fsp3) is 0.412. The van der Waals surface area contributed by atoms with Gasteiger partial charge in [0.2, 0.25) is 11.8 Å². The molecule has 2 saturated heterocycles. The molecule has 5 N–H and O–H groups in total. The third kappa shape index (κ3) is 10.5. The van der Waals surface area contributed by atoms with Crippen molar-refractivity contribution in [2.24, 2.45) is 11.8 Å². The largest absolute Gasteiger partial charge is 0.465 e. The van der Waals surface area contributed by atoms with E-state index in [4.69, 9.17) is 14.7 Å². The molecule has 342 valence electrons. The number of benzene rings is 3. The van der Waals surface area contributed by atoms with Crippen molar-refractivity contribution in [3.05, 3.63) is 119 Å². The summed E-state index contributed by atoms with van der Waals surface area (Å²) < 4.78 is 4.79. The van der Waals surface area contributed by atoms with Gasteiger partial charge in [0.15, 0.2) is 0 Å². The van der Waals surface area contributed by atoms with Crippen LogP contribution in [-0.4, -0.2) is 91.1 Å². The van der Waals surface area contributed by atoms with Crippen molar-refractivity contribution in [1.82, 2.24) is 40.4 Å². The predicted molar refractivity (Wildman–Crippen MR) is 251 cm³/mol. The van der Waals surface area contributed by atoms with Crippen molar-refractivity contribution < 1.29 is 29.0 Å². The van der Waals surface area contributed by atoms with Gasteiger partial charge >= 0.3 is 12.2 Å². The van der Waals surface area contributed by atoms with Gasteiger partial charge in [0, 0.05) is 13.1 Å². The van der Waals surface area contributed by atoms with E-state index in [1.807, 2.05) is 38.8 Å². The molecule has 0 spiro atoms. The molecule has 5 aromatic rings. The van der Waals surface area contributed by atoms with Crippen LogP contribution >= 0.6 is 0 Å². The Morgan fingerprint density at radius 1 is 0.708 bits per heavy atom. The normalized spacial score (nSPS) is 17.7. The topological polar surface area (TPSA) is 186 Å². The van der Waals surface area contributed by atoms with Crippen molar-refractivity contribution >= 4 is 35.6 Å². The minimum atomic E-state index is -1.22. The summed E-state index contributed by atoms with van der Waals surface area (Å²) >= 11 is 0. The second kappa shape index (κ2) is 19.6. The quantitative estimate of drug-likeness (QED) is 0.0724. The summed E-state index contributed by atoms with van der Waals surface area (Å²) in [5.74, 6) is 0.697. The van der Waals surface area contributed by atoms with Gasteiger partial charge in [-0.3, -0.25) is 9.59 Å². The van der Waals surface area contributed by atoms with Gasteiger partial charge in [-0.05, 0) is 88.0 Å². The Labute approximate surface area is 381 Å². The number of H-pyrrole nitrogens is 2. The smallest absolute Gasteiger partial charge is 0.407 e. The second-order valence-electron chi connectivity index (χ2n) is 18.9. The van der Waals surface area contributed by atoms with Crippen LogP contribution in [-0.2, 0) is 19.7 Å². The molecule has 2 aliphatic heterocycles. The summed E-state index contributed by atoms with van der Waals surface area (Å²) in [7, 11) is 1.29. The Morgan fingerprint density at radius 2 is 1.15 bits per heavy atom. The number of hydrogen-bond acceptors (Lipinski definition) is 7. The first-order valence-electron chi connectivity index (χ1n) is 22.6. The monoisotopic (exact) mass is 882 g/mol. The van der Waals surface area contributed by atoms with Crippen molar-refractivity contribution in [2.75, 3.05) is 20.2 Å². The molecule has 14 heteroatoms. The molecule has 0 saturated carbocycles. The minimum absolute atomic E-state index is 0.00783. The lowest BCUT2D eigenvalue weighted by atomic mass is 9.85. The summed E-state index contributed by atoms with van der Waals surface area (Å²) in [5, 5.41) is 14.5. The maximum Gasteiger partial charge on any atom is 0.407 e. The number of imidazole rings is 2. The van der Waals surface area contributed by atoms with Crippen LogP contribution in [0, 0.1) is 11.8 Å². The van der Waals surface area contributed by atoms with Crippen LogP contribution in [0.2, 0.25) is 0 Å². The molecule has 4 atom stereocenters. The Bertz CT molecular complexity index is 2500. The summed E-state index contributed by atoms with van der Waals surface area (Å²) in [6.07, 6.45) is 7.10. The lowest BCUT2D eigenvalue weighted by molar-refractivity contribution is -0.136. The van der Waals surface area contributed by atoms with E-state index in [1.165, 1.54) is 12.7 Å². The van der Waals surface area contributed by atoms with Crippen LogP contribution in [0.4, 0.5) is 9.59 Å². The molecule has 0 aliphatic carbocycles. The van der Waals surface area contributed by atoms with Crippen LogP contribution in [0.25, 0.3) is 34.2 Å². The highest BCUT2D eigenvalue weighted by Crippen LogP contribution is 2.36. The zero-order valence-corrected chi connectivity index (χ0v) is 38.6. The van der Waals surface area contributed by atoms with Crippen molar-refractivity contribution in [1.29, 1.82) is 0 Å². The number of ether oxygens (including phenoxy) is 1. The number of carboxylic acid groups (broad SMARTS) is 1. The molecule has 2 aliphatic rings. The highest BCUT2D eigenvalue weighted by molar-refractivity contribution is 5.92. The van der Waals surface area contributed by atoms with E-state index in [-0.39, 0.29) is 41.1 Å².